The molecular weight excluding hydrogens is 347 g/mol. The number of carbonyl (C=O) groups is 3. The molecule has 1 heterocycles. The van der Waals surface area contributed by atoms with Gasteiger partial charge in [0.25, 0.3) is 5.91 Å². The Bertz CT molecular complexity index is 563. The van der Waals surface area contributed by atoms with Gasteiger partial charge < -0.3 is 0 Å². The van der Waals surface area contributed by atoms with Crippen LogP contribution < -0.4 is 10.2 Å². The smallest absolute Gasteiger partial charge is 0.276 e. The van der Waals surface area contributed by atoms with Crippen molar-refractivity contribution in [2.75, 3.05) is 4.90 Å². The number of nitrogens with zero attached hydrogens (tertiary/aromatic N) is 1. The molecule has 1 aromatic carbocycles. The van der Waals surface area contributed by atoms with Crippen molar-refractivity contribution in [1.29, 1.82) is 0 Å². The molecule has 0 atom stereocenters. The van der Waals surface area contributed by atoms with Gasteiger partial charge in [0.2, 0.25) is 5.91 Å². The first-order chi connectivity index (χ1) is 8.54. The van der Waals surface area contributed by atoms with Crippen LogP contribution >= 0.6 is 22.6 Å². The first kappa shape index (κ1) is 11.6. The predicted octanol–water partition coefficient (Wildman–Crippen LogP) is 1.65. The Balaban J connectivity index is 2.00. The van der Waals surface area contributed by atoms with Crippen LogP contribution in [0.1, 0.15) is 12.8 Å². The van der Waals surface area contributed by atoms with Crippen LogP contribution in [-0.4, -0.2) is 17.8 Å². The number of imide groups is 2. The van der Waals surface area contributed by atoms with Crippen LogP contribution in [0, 0.1) is 8.99 Å². The van der Waals surface area contributed by atoms with Crippen molar-refractivity contribution >= 4 is 46.1 Å². The Labute approximate surface area is 117 Å². The summed E-state index contributed by atoms with van der Waals surface area (Å²) in [6.45, 7) is 0. The lowest BCUT2D eigenvalue weighted by molar-refractivity contribution is -0.136. The Morgan fingerprint density at radius 1 is 1.11 bits per heavy atom. The molecule has 1 spiro atoms. The number of urea groups is 1. The van der Waals surface area contributed by atoms with Crippen LogP contribution in [0.5, 0.6) is 0 Å². The maximum Gasteiger partial charge on any atom is 0.335 e. The van der Waals surface area contributed by atoms with E-state index in [1.165, 1.54) is 0 Å². The number of amides is 4. The number of hydrogen-bond donors (Lipinski definition) is 1. The van der Waals surface area contributed by atoms with Crippen molar-refractivity contribution in [3.05, 3.63) is 27.8 Å². The predicted molar refractivity (Wildman–Crippen MR) is 71.9 cm³/mol. The Morgan fingerprint density at radius 3 is 2.28 bits per heavy atom. The number of halogens is 1. The van der Waals surface area contributed by atoms with Crippen LogP contribution in [0.2, 0.25) is 0 Å². The van der Waals surface area contributed by atoms with Gasteiger partial charge in [0.1, 0.15) is 5.41 Å². The molecule has 5 nitrogen and oxygen atoms in total. The molecule has 0 radical (unpaired) electrons. The molecule has 1 aliphatic heterocycles. The van der Waals surface area contributed by atoms with Crippen LogP contribution in [-0.2, 0) is 9.59 Å². The average Bonchev–Trinajstić information content (AvgIpc) is 3.11. The van der Waals surface area contributed by atoms with E-state index in [0.29, 0.717) is 18.5 Å². The van der Waals surface area contributed by atoms with Crippen molar-refractivity contribution in [3.63, 3.8) is 0 Å². The van der Waals surface area contributed by atoms with Gasteiger partial charge in [0.05, 0.1) is 5.69 Å². The highest BCUT2D eigenvalue weighted by molar-refractivity contribution is 14.1. The molecule has 6 heteroatoms. The van der Waals surface area contributed by atoms with Gasteiger partial charge in [-0.1, -0.05) is 0 Å². The zero-order chi connectivity index (χ0) is 12.9. The average molecular weight is 356 g/mol. The first-order valence-corrected chi connectivity index (χ1v) is 6.58. The fourth-order valence-corrected chi connectivity index (χ4v) is 2.43. The third-order valence-electron chi connectivity index (χ3n) is 3.31. The monoisotopic (exact) mass is 356 g/mol. The lowest BCUT2D eigenvalue weighted by Gasteiger charge is -2.30. The second-order valence-corrected chi connectivity index (χ2v) is 5.70. The van der Waals surface area contributed by atoms with Crippen molar-refractivity contribution < 1.29 is 14.4 Å². The maximum absolute atomic E-state index is 12.3. The fraction of sp³-hybridized carbons (Fsp3) is 0.250. The molecule has 2 fully saturated rings. The molecule has 1 aromatic rings. The number of hydrogen-bond acceptors (Lipinski definition) is 3. The minimum absolute atomic E-state index is 0.405. The summed E-state index contributed by atoms with van der Waals surface area (Å²) in [5, 5.41) is 2.25. The zero-order valence-electron chi connectivity index (χ0n) is 9.27. The highest BCUT2D eigenvalue weighted by atomic mass is 127. The normalized spacial score (nSPS) is 21.2. The Morgan fingerprint density at radius 2 is 1.72 bits per heavy atom. The maximum atomic E-state index is 12.3. The molecule has 2 aliphatic rings. The van der Waals surface area contributed by atoms with Crippen molar-refractivity contribution in [1.82, 2.24) is 5.32 Å². The molecule has 92 valence electrons. The van der Waals surface area contributed by atoms with E-state index in [9.17, 15) is 14.4 Å². The summed E-state index contributed by atoms with van der Waals surface area (Å²) in [5.74, 6) is -0.864. The molecule has 1 saturated carbocycles. The van der Waals surface area contributed by atoms with E-state index in [0.717, 1.165) is 8.47 Å². The Hall–Kier alpha value is -1.44. The number of carbonyl (C=O) groups excluding carboxylic acids is 3. The number of nitrogens with one attached hydrogen (secondary N) is 1. The molecule has 4 amide bonds. The first-order valence-electron chi connectivity index (χ1n) is 5.50. The lowest BCUT2D eigenvalue weighted by atomic mass is 10.0. The van der Waals surface area contributed by atoms with Gasteiger partial charge in [-0.15, -0.1) is 0 Å². The van der Waals surface area contributed by atoms with E-state index >= 15 is 0 Å². The number of barbiturate groups is 1. The van der Waals surface area contributed by atoms with E-state index in [-0.39, 0.29) is 0 Å². The summed E-state index contributed by atoms with van der Waals surface area (Å²) in [6, 6.07) is 6.36. The summed E-state index contributed by atoms with van der Waals surface area (Å²) < 4.78 is 1.01. The lowest BCUT2D eigenvalue weighted by Crippen LogP contribution is -2.59. The van der Waals surface area contributed by atoms with Gasteiger partial charge in [0, 0.05) is 3.57 Å². The van der Waals surface area contributed by atoms with Gasteiger partial charge in [-0.05, 0) is 59.7 Å². The third-order valence-corrected chi connectivity index (χ3v) is 4.02. The zero-order valence-corrected chi connectivity index (χ0v) is 11.4. The van der Waals surface area contributed by atoms with Gasteiger partial charge in [-0.25, -0.2) is 9.69 Å². The van der Waals surface area contributed by atoms with Crippen LogP contribution in [0.3, 0.4) is 0 Å². The van der Waals surface area contributed by atoms with Gasteiger partial charge >= 0.3 is 6.03 Å². The summed E-state index contributed by atoms with van der Waals surface area (Å²) in [5.41, 5.74) is -0.492. The van der Waals surface area contributed by atoms with Gasteiger partial charge in [-0.3, -0.25) is 14.9 Å². The second kappa shape index (κ2) is 3.78. The molecule has 0 unspecified atom stereocenters. The van der Waals surface area contributed by atoms with E-state index in [2.05, 4.69) is 27.9 Å². The van der Waals surface area contributed by atoms with Crippen molar-refractivity contribution in [2.45, 2.75) is 12.8 Å². The highest BCUT2D eigenvalue weighted by Crippen LogP contribution is 2.49. The van der Waals surface area contributed by atoms with E-state index in [1.54, 1.807) is 12.1 Å². The third kappa shape index (κ3) is 1.55. The summed E-state index contributed by atoms with van der Waals surface area (Å²) >= 11 is 2.14. The van der Waals surface area contributed by atoms with Crippen LogP contribution in [0.15, 0.2) is 24.3 Å². The largest absolute Gasteiger partial charge is 0.335 e. The van der Waals surface area contributed by atoms with E-state index < -0.39 is 23.3 Å². The van der Waals surface area contributed by atoms with Crippen molar-refractivity contribution in [3.8, 4) is 0 Å². The number of anilines is 1. The van der Waals surface area contributed by atoms with Gasteiger partial charge in [-0.2, -0.15) is 0 Å². The number of rotatable bonds is 1. The minimum atomic E-state index is -0.989. The van der Waals surface area contributed by atoms with E-state index in [1.807, 2.05) is 12.1 Å². The quantitative estimate of drug-likeness (QED) is 0.615. The SMILES string of the molecule is O=C1NC(=O)C2(CC2)C(=O)N1c1ccc(I)cc1. The fourth-order valence-electron chi connectivity index (χ4n) is 2.07. The summed E-state index contributed by atoms with van der Waals surface area (Å²) in [6.07, 6.45) is 1.04. The Kier molecular flexibility index (Phi) is 2.44. The summed E-state index contributed by atoms with van der Waals surface area (Å²) in [4.78, 5) is 36.8. The number of benzene rings is 1. The molecule has 0 bridgehead atoms. The molecule has 1 aliphatic carbocycles. The topological polar surface area (TPSA) is 66.5 Å². The van der Waals surface area contributed by atoms with Crippen molar-refractivity contribution in [2.24, 2.45) is 5.41 Å². The molecule has 3 rings (SSSR count). The standard InChI is InChI=1S/C12H9IN2O3/c13-7-1-3-8(4-2-7)15-10(17)12(5-6-12)9(16)14-11(15)18/h1-4H,5-6H2,(H,14,16,18). The minimum Gasteiger partial charge on any atom is -0.276 e. The molecule has 0 aromatic heterocycles. The van der Waals surface area contributed by atoms with Crippen LogP contribution in [0.25, 0.3) is 0 Å². The molecular formula is C12H9IN2O3. The molecule has 1 saturated heterocycles. The highest BCUT2D eigenvalue weighted by Gasteiger charge is 2.62. The molecule has 18 heavy (non-hydrogen) atoms. The molecule has 1 N–H and O–H groups in total. The van der Waals surface area contributed by atoms with Crippen LogP contribution in [0.4, 0.5) is 10.5 Å². The van der Waals surface area contributed by atoms with Gasteiger partial charge in [0.15, 0.2) is 0 Å². The summed E-state index contributed by atoms with van der Waals surface area (Å²) in [7, 11) is 0. The van der Waals surface area contributed by atoms with E-state index in [4.69, 9.17) is 0 Å². The second-order valence-electron chi connectivity index (χ2n) is 4.46.